The number of rotatable bonds is 3. The summed E-state index contributed by atoms with van der Waals surface area (Å²) < 4.78 is 54.6. The number of alkyl halides is 2. The number of aliphatic hydroxyl groups is 1. The molecule has 31 heavy (non-hydrogen) atoms. The van der Waals surface area contributed by atoms with Gasteiger partial charge in [-0.15, -0.1) is 0 Å². The maximum atomic E-state index is 14.6. The first-order chi connectivity index (χ1) is 14.5. The summed E-state index contributed by atoms with van der Waals surface area (Å²) in [5, 5.41) is 9.85. The van der Waals surface area contributed by atoms with E-state index in [9.17, 15) is 22.3 Å². The Hall–Kier alpha value is -2.17. The third-order valence-corrected chi connectivity index (χ3v) is 7.90. The van der Waals surface area contributed by atoms with Crippen LogP contribution in [0, 0.1) is 0 Å². The number of halogens is 2. The molecule has 2 aromatic rings. The highest BCUT2D eigenvalue weighted by atomic mass is 32.2. The minimum Gasteiger partial charge on any atom is -0.389 e. The van der Waals surface area contributed by atoms with E-state index in [-0.39, 0.29) is 37.1 Å². The molecule has 0 bridgehead atoms. The van der Waals surface area contributed by atoms with E-state index in [1.807, 2.05) is 18.2 Å². The Morgan fingerprint density at radius 1 is 1.19 bits per heavy atom. The molecule has 10 heteroatoms. The molecule has 1 N–H and O–H groups in total. The number of fused-ring (bicyclic) bond motifs is 2. The molecule has 0 amide bonds. The molecule has 2 aliphatic heterocycles. The van der Waals surface area contributed by atoms with Crippen molar-refractivity contribution in [2.45, 2.75) is 50.8 Å². The molecule has 1 aromatic carbocycles. The summed E-state index contributed by atoms with van der Waals surface area (Å²) in [4.78, 5) is 10.6. The maximum absolute atomic E-state index is 14.6. The van der Waals surface area contributed by atoms with Gasteiger partial charge in [-0.3, -0.25) is 0 Å². The van der Waals surface area contributed by atoms with Crippen molar-refractivity contribution < 1.29 is 22.3 Å². The van der Waals surface area contributed by atoms with Crippen molar-refractivity contribution >= 4 is 16.0 Å². The quantitative estimate of drug-likeness (QED) is 0.771. The topological polar surface area (TPSA) is 86.6 Å². The molecule has 0 radical (unpaired) electrons. The Morgan fingerprint density at radius 2 is 1.97 bits per heavy atom. The van der Waals surface area contributed by atoms with E-state index in [4.69, 9.17) is 0 Å². The lowest BCUT2D eigenvalue weighted by Crippen LogP contribution is -2.59. The second-order valence-corrected chi connectivity index (χ2v) is 10.7. The van der Waals surface area contributed by atoms with Crippen LogP contribution in [0.3, 0.4) is 0 Å². The summed E-state index contributed by atoms with van der Waals surface area (Å²) in [6.45, 7) is 2.80. The van der Waals surface area contributed by atoms with Crippen LogP contribution < -0.4 is 4.90 Å². The lowest BCUT2D eigenvalue weighted by atomic mass is 9.95. The Morgan fingerprint density at radius 3 is 2.65 bits per heavy atom. The Labute approximate surface area is 179 Å². The first-order valence-corrected chi connectivity index (χ1v) is 12.2. The minimum atomic E-state index is -3.32. The van der Waals surface area contributed by atoms with E-state index >= 15 is 0 Å². The molecule has 0 saturated carbocycles. The highest BCUT2D eigenvalue weighted by Gasteiger charge is 2.45. The van der Waals surface area contributed by atoms with Crippen LogP contribution in [0.25, 0.3) is 11.3 Å². The van der Waals surface area contributed by atoms with Crippen LogP contribution in [0.2, 0.25) is 0 Å². The monoisotopic (exact) mass is 450 g/mol. The van der Waals surface area contributed by atoms with Crippen molar-refractivity contribution in [2.24, 2.45) is 0 Å². The van der Waals surface area contributed by atoms with Crippen LogP contribution >= 0.6 is 0 Å². The number of β-amino-alcohol motifs (C(OH)–C–C–N with tert-alkyl or cyclic N) is 1. The predicted octanol–water partition coefficient (Wildman–Crippen LogP) is 2.07. The zero-order chi connectivity index (χ0) is 22.1. The minimum absolute atomic E-state index is 0.183. The standard InChI is InChI=1S/C21H24F2N4O3S/c1-12-17(28)11-27(12)20-24-18(16-5-7-21(22,23)19(16)25-20)14-4-3-13-6-8-26(31(2,29)30)10-15(13)9-14/h3-4,9,12,17,28H,5-8,10-11H2,1-2H3/t12-,17+/m0/s1. The molecule has 1 saturated heterocycles. The normalized spacial score (nSPS) is 25.1. The van der Waals surface area contributed by atoms with Crippen LogP contribution in [0.5, 0.6) is 0 Å². The largest absolute Gasteiger partial charge is 0.389 e. The lowest BCUT2D eigenvalue weighted by Gasteiger charge is -2.43. The van der Waals surface area contributed by atoms with Gasteiger partial charge >= 0.3 is 0 Å². The zero-order valence-electron chi connectivity index (χ0n) is 17.3. The molecule has 1 aromatic heterocycles. The number of anilines is 1. The molecule has 166 valence electrons. The third-order valence-electron chi connectivity index (χ3n) is 6.65. The Bertz CT molecular complexity index is 1170. The summed E-state index contributed by atoms with van der Waals surface area (Å²) >= 11 is 0. The smallest absolute Gasteiger partial charge is 0.290 e. The number of aromatic nitrogens is 2. The van der Waals surface area contributed by atoms with Gasteiger partial charge < -0.3 is 10.0 Å². The highest BCUT2D eigenvalue weighted by Crippen LogP contribution is 2.45. The summed E-state index contributed by atoms with van der Waals surface area (Å²) in [6.07, 6.45) is 1.14. The fourth-order valence-corrected chi connectivity index (χ4v) is 5.39. The molecule has 2 atom stereocenters. The molecule has 3 aliphatic rings. The van der Waals surface area contributed by atoms with Gasteiger partial charge in [0.05, 0.1) is 24.1 Å². The van der Waals surface area contributed by atoms with Gasteiger partial charge in [-0.25, -0.2) is 18.4 Å². The van der Waals surface area contributed by atoms with Crippen molar-refractivity contribution in [3.63, 3.8) is 0 Å². The summed E-state index contributed by atoms with van der Waals surface area (Å²) in [5.41, 5.74) is 3.26. The van der Waals surface area contributed by atoms with Crippen molar-refractivity contribution in [1.82, 2.24) is 14.3 Å². The molecule has 1 fully saturated rings. The Balaban J connectivity index is 1.60. The van der Waals surface area contributed by atoms with E-state index in [0.29, 0.717) is 36.3 Å². The van der Waals surface area contributed by atoms with Gasteiger partial charge in [0.2, 0.25) is 16.0 Å². The van der Waals surface area contributed by atoms with Gasteiger partial charge in [0.15, 0.2) is 0 Å². The average Bonchev–Trinajstić information content (AvgIpc) is 3.04. The fourth-order valence-electron chi connectivity index (χ4n) is 4.59. The number of benzene rings is 1. The molecule has 0 spiro atoms. The van der Waals surface area contributed by atoms with Crippen molar-refractivity contribution in [2.75, 3.05) is 24.2 Å². The molecule has 1 aliphatic carbocycles. The highest BCUT2D eigenvalue weighted by molar-refractivity contribution is 7.88. The summed E-state index contributed by atoms with van der Waals surface area (Å²) in [6, 6.07) is 5.42. The van der Waals surface area contributed by atoms with Crippen LogP contribution in [0.15, 0.2) is 18.2 Å². The van der Waals surface area contributed by atoms with Crippen LogP contribution in [0.4, 0.5) is 14.7 Å². The third kappa shape index (κ3) is 3.41. The van der Waals surface area contributed by atoms with E-state index in [1.165, 1.54) is 10.6 Å². The van der Waals surface area contributed by atoms with Gasteiger partial charge in [0.25, 0.3) is 5.92 Å². The number of aliphatic hydroxyl groups excluding tert-OH is 1. The van der Waals surface area contributed by atoms with Crippen LogP contribution in [0.1, 0.15) is 35.7 Å². The van der Waals surface area contributed by atoms with Gasteiger partial charge in [-0.05, 0) is 37.0 Å². The first-order valence-electron chi connectivity index (χ1n) is 10.4. The van der Waals surface area contributed by atoms with Crippen LogP contribution in [-0.4, -0.2) is 59.3 Å². The van der Waals surface area contributed by atoms with Crippen molar-refractivity contribution in [1.29, 1.82) is 0 Å². The zero-order valence-corrected chi connectivity index (χ0v) is 18.2. The molecular weight excluding hydrogens is 426 g/mol. The summed E-state index contributed by atoms with van der Waals surface area (Å²) in [5.74, 6) is -2.82. The van der Waals surface area contributed by atoms with Gasteiger partial charge in [0, 0.05) is 37.2 Å². The molecule has 7 nitrogen and oxygen atoms in total. The molecule has 5 rings (SSSR count). The lowest BCUT2D eigenvalue weighted by molar-refractivity contribution is -0.00603. The molecule has 0 unspecified atom stereocenters. The Kier molecular flexibility index (Phi) is 4.62. The first kappa shape index (κ1) is 20.7. The average molecular weight is 451 g/mol. The fraction of sp³-hybridized carbons (Fsp3) is 0.524. The second kappa shape index (κ2) is 6.91. The maximum Gasteiger partial charge on any atom is 0.290 e. The summed E-state index contributed by atoms with van der Waals surface area (Å²) in [7, 11) is -3.32. The van der Waals surface area contributed by atoms with Gasteiger partial charge in [-0.2, -0.15) is 13.1 Å². The van der Waals surface area contributed by atoms with E-state index in [1.54, 1.807) is 11.8 Å². The number of sulfonamides is 1. The molecule has 3 heterocycles. The van der Waals surface area contributed by atoms with Crippen molar-refractivity contribution in [3.8, 4) is 11.3 Å². The van der Waals surface area contributed by atoms with Gasteiger partial charge in [-0.1, -0.05) is 12.1 Å². The SMILES string of the molecule is C[C@H]1[C@H](O)CN1c1nc(-c2ccc3c(c2)CN(S(C)(=O)=O)CC3)c2c(n1)C(F)(F)CC2. The van der Waals surface area contributed by atoms with Crippen molar-refractivity contribution in [3.05, 3.63) is 40.6 Å². The molecular formula is C21H24F2N4O3S. The van der Waals surface area contributed by atoms with Gasteiger partial charge in [0.1, 0.15) is 5.69 Å². The van der Waals surface area contributed by atoms with E-state index in [0.717, 1.165) is 11.1 Å². The van der Waals surface area contributed by atoms with E-state index < -0.39 is 22.0 Å². The van der Waals surface area contributed by atoms with E-state index in [2.05, 4.69) is 9.97 Å². The second-order valence-electron chi connectivity index (χ2n) is 8.69. The predicted molar refractivity (Wildman–Crippen MR) is 111 cm³/mol. The number of hydrogen-bond donors (Lipinski definition) is 1. The number of hydrogen-bond acceptors (Lipinski definition) is 6. The van der Waals surface area contributed by atoms with Crippen LogP contribution in [-0.2, 0) is 35.3 Å². The number of nitrogens with zero attached hydrogens (tertiary/aromatic N) is 4.